The summed E-state index contributed by atoms with van der Waals surface area (Å²) in [5.74, 6) is -4.32. The molecule has 1 aromatic rings. The zero-order valence-corrected chi connectivity index (χ0v) is 17.4. The number of hydrogen-bond acceptors (Lipinski definition) is 6. The van der Waals surface area contributed by atoms with Crippen molar-refractivity contribution in [2.24, 2.45) is 10.9 Å². The molecular weight excluding hydrogens is 440 g/mol. The highest BCUT2D eigenvalue weighted by atomic mass is 32.1. The Balaban J connectivity index is 2.05. The summed E-state index contributed by atoms with van der Waals surface area (Å²) in [6.45, 7) is 0. The van der Waals surface area contributed by atoms with Crippen molar-refractivity contribution >= 4 is 41.6 Å². The molecule has 0 aliphatic heterocycles. The summed E-state index contributed by atoms with van der Waals surface area (Å²) in [7, 11) is 2.98. The third-order valence-electron chi connectivity index (χ3n) is 4.49. The van der Waals surface area contributed by atoms with Crippen LogP contribution in [-0.2, 0) is 11.2 Å². The average Bonchev–Trinajstić information content (AvgIpc) is 3.12. The van der Waals surface area contributed by atoms with Crippen LogP contribution in [0.1, 0.15) is 22.3 Å². The van der Waals surface area contributed by atoms with Crippen molar-refractivity contribution in [2.45, 2.75) is 25.1 Å². The zero-order valence-electron chi connectivity index (χ0n) is 16.5. The monoisotopic (exact) mass is 460 g/mol. The topological polar surface area (TPSA) is 95.7 Å². The molecule has 7 nitrogen and oxygen atoms in total. The van der Waals surface area contributed by atoms with E-state index >= 15 is 0 Å². The van der Waals surface area contributed by atoms with Gasteiger partial charge in [-0.3, -0.25) is 14.6 Å². The Morgan fingerprint density at radius 1 is 1.35 bits per heavy atom. The first kappa shape index (κ1) is 24.3. The molecule has 3 N–H and O–H groups in total. The molecule has 0 fully saturated rings. The minimum Gasteiger partial charge on any atom is -0.448 e. The van der Waals surface area contributed by atoms with E-state index in [0.29, 0.717) is 5.56 Å². The number of allylic oxidation sites excluding steroid dienone is 3. The van der Waals surface area contributed by atoms with Gasteiger partial charge in [0, 0.05) is 25.0 Å². The summed E-state index contributed by atoms with van der Waals surface area (Å²) >= 11 is 4.82. The second-order valence-electron chi connectivity index (χ2n) is 6.49. The first-order valence-electron chi connectivity index (χ1n) is 9.01. The Bertz CT molecular complexity index is 937. The number of carbonyl (C=O) groups is 2. The molecule has 1 heterocycles. The summed E-state index contributed by atoms with van der Waals surface area (Å²) in [4.78, 5) is 28.1. The number of hydrogen-bond donors (Lipinski definition) is 3. The van der Waals surface area contributed by atoms with Crippen molar-refractivity contribution in [1.29, 1.82) is 0 Å². The van der Waals surface area contributed by atoms with Crippen LogP contribution in [0, 0.1) is 5.92 Å². The van der Waals surface area contributed by atoms with Gasteiger partial charge in [-0.2, -0.15) is 13.2 Å². The normalized spacial score (nSPS) is 17.5. The SMILES string of the molecule is CNC(=O)c1c(CC(=O)NC=NC(C=S)C2=CC=C(F)C(C(F)(F)F)C2)coc1NC. The Labute approximate surface area is 180 Å². The number of carbonyl (C=O) groups excluding carboxylic acids is 2. The van der Waals surface area contributed by atoms with Gasteiger partial charge in [-0.1, -0.05) is 18.3 Å². The molecule has 2 amide bonds. The van der Waals surface area contributed by atoms with Gasteiger partial charge in [0.25, 0.3) is 5.91 Å². The van der Waals surface area contributed by atoms with E-state index in [9.17, 15) is 27.2 Å². The molecule has 2 unspecified atom stereocenters. The highest BCUT2D eigenvalue weighted by molar-refractivity contribution is 7.79. The predicted molar refractivity (Wildman–Crippen MR) is 111 cm³/mol. The van der Waals surface area contributed by atoms with E-state index < -0.39 is 42.2 Å². The smallest absolute Gasteiger partial charge is 0.398 e. The van der Waals surface area contributed by atoms with Gasteiger partial charge in [0.15, 0.2) is 0 Å². The Hall–Kier alpha value is -3.02. The van der Waals surface area contributed by atoms with E-state index in [4.69, 9.17) is 16.6 Å². The maximum absolute atomic E-state index is 13.5. The fraction of sp³-hybridized carbons (Fsp3) is 0.368. The fourth-order valence-corrected chi connectivity index (χ4v) is 3.15. The summed E-state index contributed by atoms with van der Waals surface area (Å²) in [6.07, 6.45) is -1.35. The van der Waals surface area contributed by atoms with Crippen LogP contribution in [0.2, 0.25) is 0 Å². The van der Waals surface area contributed by atoms with Gasteiger partial charge in [-0.25, -0.2) is 4.39 Å². The zero-order chi connectivity index (χ0) is 23.2. The number of alkyl halides is 3. The molecule has 0 saturated heterocycles. The van der Waals surface area contributed by atoms with Gasteiger partial charge in [0.1, 0.15) is 23.4 Å². The Kier molecular flexibility index (Phi) is 8.08. The number of amides is 2. The summed E-state index contributed by atoms with van der Waals surface area (Å²) in [5, 5.41) is 8.64. The van der Waals surface area contributed by atoms with E-state index in [-0.39, 0.29) is 23.4 Å². The van der Waals surface area contributed by atoms with Gasteiger partial charge < -0.3 is 20.4 Å². The van der Waals surface area contributed by atoms with Crippen molar-refractivity contribution in [1.82, 2.24) is 10.6 Å². The van der Waals surface area contributed by atoms with Crippen molar-refractivity contribution in [3.05, 3.63) is 40.9 Å². The Morgan fingerprint density at radius 2 is 2.06 bits per heavy atom. The molecule has 0 radical (unpaired) electrons. The number of nitrogens with one attached hydrogen (secondary N) is 3. The van der Waals surface area contributed by atoms with Crippen LogP contribution in [0.4, 0.5) is 23.4 Å². The van der Waals surface area contributed by atoms with E-state index in [2.05, 4.69) is 20.9 Å². The molecule has 31 heavy (non-hydrogen) atoms. The highest BCUT2D eigenvalue weighted by Gasteiger charge is 2.44. The second kappa shape index (κ2) is 10.3. The van der Waals surface area contributed by atoms with Crippen molar-refractivity contribution < 1.29 is 31.6 Å². The number of rotatable bonds is 8. The molecule has 1 aromatic heterocycles. The molecule has 0 aromatic carbocycles. The molecule has 2 rings (SSSR count). The van der Waals surface area contributed by atoms with E-state index in [1.54, 1.807) is 7.05 Å². The maximum Gasteiger partial charge on any atom is 0.398 e. The first-order chi connectivity index (χ1) is 14.6. The van der Waals surface area contributed by atoms with Crippen LogP contribution in [0.3, 0.4) is 0 Å². The number of furan rings is 1. The molecule has 1 aliphatic rings. The third-order valence-corrected chi connectivity index (χ3v) is 4.75. The third kappa shape index (κ3) is 6.00. The fourth-order valence-electron chi connectivity index (χ4n) is 2.91. The van der Waals surface area contributed by atoms with Crippen LogP contribution in [0.15, 0.2) is 39.2 Å². The minimum atomic E-state index is -4.73. The molecule has 0 bridgehead atoms. The second-order valence-corrected chi connectivity index (χ2v) is 6.76. The van der Waals surface area contributed by atoms with E-state index in [0.717, 1.165) is 17.8 Å². The molecule has 0 spiro atoms. The van der Waals surface area contributed by atoms with Crippen LogP contribution in [-0.4, -0.2) is 49.8 Å². The standard InChI is InChI=1S/C19H20F4N4O3S/c1-24-17(29)16-11(7-30-18(16)25-2)6-15(28)27-9-26-14(8-31)10-3-4-13(20)12(5-10)19(21,22)23/h3-4,7-9,12,14,25H,5-6H2,1-2H3,(H,24,29)(H,26,27,28). The van der Waals surface area contributed by atoms with Crippen LogP contribution < -0.4 is 16.0 Å². The van der Waals surface area contributed by atoms with E-state index in [1.807, 2.05) is 0 Å². The average molecular weight is 460 g/mol. The van der Waals surface area contributed by atoms with Gasteiger partial charge in [-0.15, -0.1) is 0 Å². The van der Waals surface area contributed by atoms with Crippen molar-refractivity contribution in [2.75, 3.05) is 19.4 Å². The van der Waals surface area contributed by atoms with E-state index in [1.165, 1.54) is 19.4 Å². The number of halogens is 4. The lowest BCUT2D eigenvalue weighted by molar-refractivity contribution is -0.168. The molecule has 168 valence electrons. The summed E-state index contributed by atoms with van der Waals surface area (Å²) < 4.78 is 57.6. The lowest BCUT2D eigenvalue weighted by Gasteiger charge is -2.24. The molecular formula is C19H20F4N4O3S. The quantitative estimate of drug-likeness (QED) is 0.240. The van der Waals surface area contributed by atoms with Crippen molar-refractivity contribution in [3.63, 3.8) is 0 Å². The number of thiocarbonyl (C=S) groups is 1. The molecule has 1 aliphatic carbocycles. The van der Waals surface area contributed by atoms with Gasteiger partial charge in [0.2, 0.25) is 11.8 Å². The first-order valence-corrected chi connectivity index (χ1v) is 9.48. The Morgan fingerprint density at radius 3 is 2.65 bits per heavy atom. The number of aliphatic imine (C=N–C) groups is 1. The maximum atomic E-state index is 13.5. The molecule has 0 saturated carbocycles. The van der Waals surface area contributed by atoms with Gasteiger partial charge >= 0.3 is 6.18 Å². The van der Waals surface area contributed by atoms with Gasteiger partial charge in [-0.05, 0) is 18.1 Å². The largest absolute Gasteiger partial charge is 0.448 e. The lowest BCUT2D eigenvalue weighted by Crippen LogP contribution is -2.29. The summed E-state index contributed by atoms with van der Waals surface area (Å²) in [6, 6.07) is -0.948. The molecule has 2 atom stereocenters. The predicted octanol–water partition coefficient (Wildman–Crippen LogP) is 3.10. The van der Waals surface area contributed by atoms with Crippen LogP contribution in [0.25, 0.3) is 0 Å². The highest BCUT2D eigenvalue weighted by Crippen LogP contribution is 2.40. The van der Waals surface area contributed by atoms with Crippen LogP contribution >= 0.6 is 12.2 Å². The molecule has 12 heteroatoms. The van der Waals surface area contributed by atoms with Crippen molar-refractivity contribution in [3.8, 4) is 0 Å². The van der Waals surface area contributed by atoms with Crippen LogP contribution in [0.5, 0.6) is 0 Å². The lowest BCUT2D eigenvalue weighted by atomic mass is 9.89. The number of anilines is 1. The van der Waals surface area contributed by atoms with Gasteiger partial charge in [0.05, 0.1) is 19.0 Å². The number of nitrogens with zero attached hydrogens (tertiary/aromatic N) is 1. The minimum absolute atomic E-state index is 0.166. The summed E-state index contributed by atoms with van der Waals surface area (Å²) in [5.41, 5.74) is 0.664.